The van der Waals surface area contributed by atoms with Crippen molar-refractivity contribution in [2.75, 3.05) is 20.8 Å². The van der Waals surface area contributed by atoms with Crippen molar-refractivity contribution in [2.24, 2.45) is 0 Å². The van der Waals surface area contributed by atoms with Crippen LogP contribution in [0.25, 0.3) is 0 Å². The van der Waals surface area contributed by atoms with E-state index in [1.165, 1.54) is 20.3 Å². The lowest BCUT2D eigenvalue weighted by atomic mass is 10.0. The zero-order valence-electron chi connectivity index (χ0n) is 14.4. The number of aliphatic hydroxyl groups excluding tert-OH is 1. The fourth-order valence-corrected chi connectivity index (χ4v) is 2.32. The molecule has 0 saturated heterocycles. The van der Waals surface area contributed by atoms with Gasteiger partial charge < -0.3 is 19.3 Å². The lowest BCUT2D eigenvalue weighted by molar-refractivity contribution is -0.387. The van der Waals surface area contributed by atoms with E-state index in [0.717, 1.165) is 12.1 Å². The van der Waals surface area contributed by atoms with Crippen LogP contribution < -0.4 is 9.47 Å². The average molecular weight is 367 g/mol. The van der Waals surface area contributed by atoms with Gasteiger partial charge in [0.1, 0.15) is 11.9 Å². The molecule has 0 spiro atoms. The van der Waals surface area contributed by atoms with Crippen LogP contribution in [0.2, 0.25) is 0 Å². The Labute approximate surface area is 148 Å². The summed E-state index contributed by atoms with van der Waals surface area (Å²) in [5, 5.41) is 22.1. The molecule has 2 rings (SSSR count). The third kappa shape index (κ3) is 4.21. The molecule has 26 heavy (non-hydrogen) atoms. The van der Waals surface area contributed by atoms with Gasteiger partial charge in [0.2, 0.25) is 11.8 Å². The van der Waals surface area contributed by atoms with Gasteiger partial charge in [-0.05, 0) is 19.1 Å². The molecule has 0 bridgehead atoms. The van der Waals surface area contributed by atoms with Crippen LogP contribution in [0.3, 0.4) is 0 Å². The molecule has 0 fully saturated rings. The highest BCUT2D eigenvalue weighted by atomic mass is 19.1. The summed E-state index contributed by atoms with van der Waals surface area (Å²) in [5.41, 5.74) is -0.751. The van der Waals surface area contributed by atoms with Crippen molar-refractivity contribution in [2.45, 2.75) is 19.6 Å². The van der Waals surface area contributed by atoms with Gasteiger partial charge in [-0.15, -0.1) is 0 Å². The molecule has 0 saturated carbocycles. The molecular formula is C16H18FN3O6. The van der Waals surface area contributed by atoms with E-state index in [9.17, 15) is 19.6 Å². The second-order valence-corrected chi connectivity index (χ2v) is 5.11. The van der Waals surface area contributed by atoms with E-state index < -0.39 is 22.5 Å². The van der Waals surface area contributed by atoms with E-state index in [-0.39, 0.29) is 35.3 Å². The van der Waals surface area contributed by atoms with Crippen LogP contribution in [0.4, 0.5) is 10.1 Å². The lowest BCUT2D eigenvalue weighted by Gasteiger charge is -2.14. The Morgan fingerprint density at radius 2 is 1.85 bits per heavy atom. The summed E-state index contributed by atoms with van der Waals surface area (Å²) in [6.07, 6.45) is -1.67. The maximum absolute atomic E-state index is 14.0. The molecule has 10 heteroatoms. The number of ether oxygens (including phenoxy) is 3. The zero-order valence-corrected chi connectivity index (χ0v) is 14.4. The predicted octanol–water partition coefficient (Wildman–Crippen LogP) is 2.16. The third-order valence-electron chi connectivity index (χ3n) is 3.48. The van der Waals surface area contributed by atoms with E-state index >= 15 is 0 Å². The van der Waals surface area contributed by atoms with Gasteiger partial charge in [0.25, 0.3) is 5.69 Å². The van der Waals surface area contributed by atoms with E-state index in [4.69, 9.17) is 14.2 Å². The molecule has 1 aromatic heterocycles. The highest BCUT2D eigenvalue weighted by molar-refractivity contribution is 5.50. The molecule has 2 aromatic rings. The summed E-state index contributed by atoms with van der Waals surface area (Å²) in [4.78, 5) is 18.7. The second kappa shape index (κ2) is 8.50. The summed E-state index contributed by atoms with van der Waals surface area (Å²) >= 11 is 0. The third-order valence-corrected chi connectivity index (χ3v) is 3.48. The SMILES string of the molecule is CCOCc1cc(F)cc(C(O)c2nc(OC)cc(OC)n2)c1[N+](=O)[O-]. The number of nitro benzene ring substituents is 1. The van der Waals surface area contributed by atoms with Crippen molar-refractivity contribution < 1.29 is 28.6 Å². The molecule has 1 atom stereocenters. The number of aliphatic hydroxyl groups is 1. The van der Waals surface area contributed by atoms with Crippen LogP contribution in [0.1, 0.15) is 30.0 Å². The average Bonchev–Trinajstić information content (AvgIpc) is 2.64. The quantitative estimate of drug-likeness (QED) is 0.557. The molecule has 0 aliphatic rings. The topological polar surface area (TPSA) is 117 Å². The molecule has 0 aliphatic heterocycles. The van der Waals surface area contributed by atoms with Gasteiger partial charge in [-0.3, -0.25) is 10.1 Å². The molecule has 0 radical (unpaired) electrons. The van der Waals surface area contributed by atoms with Crippen LogP contribution in [0.15, 0.2) is 18.2 Å². The highest BCUT2D eigenvalue weighted by Crippen LogP contribution is 2.34. The minimum Gasteiger partial charge on any atom is -0.481 e. The van der Waals surface area contributed by atoms with Crippen molar-refractivity contribution in [3.8, 4) is 11.8 Å². The monoisotopic (exact) mass is 367 g/mol. The van der Waals surface area contributed by atoms with Gasteiger partial charge in [0.15, 0.2) is 5.82 Å². The van der Waals surface area contributed by atoms with Crippen LogP contribution in [-0.4, -0.2) is 40.8 Å². The number of benzene rings is 1. The largest absolute Gasteiger partial charge is 0.481 e. The van der Waals surface area contributed by atoms with Gasteiger partial charge in [-0.1, -0.05) is 0 Å². The Balaban J connectivity index is 2.59. The maximum atomic E-state index is 14.0. The molecular weight excluding hydrogens is 349 g/mol. The summed E-state index contributed by atoms with van der Waals surface area (Å²) < 4.78 is 29.1. The highest BCUT2D eigenvalue weighted by Gasteiger charge is 2.29. The Kier molecular flexibility index (Phi) is 6.36. The summed E-state index contributed by atoms with van der Waals surface area (Å²) in [7, 11) is 2.70. The fraction of sp³-hybridized carbons (Fsp3) is 0.375. The molecule has 1 heterocycles. The van der Waals surface area contributed by atoms with Gasteiger partial charge >= 0.3 is 0 Å². The van der Waals surface area contributed by atoms with Crippen molar-refractivity contribution >= 4 is 5.69 Å². The number of hydrogen-bond donors (Lipinski definition) is 1. The van der Waals surface area contributed by atoms with Gasteiger partial charge in [-0.25, -0.2) is 4.39 Å². The second-order valence-electron chi connectivity index (χ2n) is 5.11. The first kappa shape index (κ1) is 19.5. The number of nitro groups is 1. The minimum atomic E-state index is -1.67. The first-order valence-corrected chi connectivity index (χ1v) is 7.60. The van der Waals surface area contributed by atoms with Crippen LogP contribution in [0, 0.1) is 15.9 Å². The first-order chi connectivity index (χ1) is 12.4. The number of nitrogens with zero attached hydrogens (tertiary/aromatic N) is 3. The van der Waals surface area contributed by atoms with E-state index in [2.05, 4.69) is 9.97 Å². The number of methoxy groups -OCH3 is 2. The first-order valence-electron chi connectivity index (χ1n) is 7.60. The molecule has 0 aliphatic carbocycles. The van der Waals surface area contributed by atoms with Gasteiger partial charge in [0.05, 0.1) is 42.9 Å². The van der Waals surface area contributed by atoms with Crippen LogP contribution >= 0.6 is 0 Å². The van der Waals surface area contributed by atoms with E-state index in [0.29, 0.717) is 6.61 Å². The lowest BCUT2D eigenvalue weighted by Crippen LogP contribution is -2.12. The summed E-state index contributed by atoms with van der Waals surface area (Å²) in [6.45, 7) is 1.82. The number of rotatable bonds is 8. The molecule has 1 N–H and O–H groups in total. The Hall–Kier alpha value is -2.85. The minimum absolute atomic E-state index is 0.000705. The van der Waals surface area contributed by atoms with E-state index in [1.807, 2.05) is 0 Å². The fourth-order valence-electron chi connectivity index (χ4n) is 2.32. The number of halogens is 1. The maximum Gasteiger partial charge on any atom is 0.281 e. The van der Waals surface area contributed by atoms with Gasteiger partial charge in [0, 0.05) is 6.61 Å². The molecule has 0 amide bonds. The molecule has 9 nitrogen and oxygen atoms in total. The molecule has 1 unspecified atom stereocenters. The predicted molar refractivity (Wildman–Crippen MR) is 87.6 cm³/mol. The smallest absolute Gasteiger partial charge is 0.281 e. The summed E-state index contributed by atoms with van der Waals surface area (Å²) in [5.74, 6) is -0.814. The Morgan fingerprint density at radius 3 is 2.35 bits per heavy atom. The number of hydrogen-bond acceptors (Lipinski definition) is 8. The van der Waals surface area contributed by atoms with Gasteiger partial charge in [-0.2, -0.15) is 9.97 Å². The Morgan fingerprint density at radius 1 is 1.23 bits per heavy atom. The van der Waals surface area contributed by atoms with Crippen molar-refractivity contribution in [1.82, 2.24) is 9.97 Å². The van der Waals surface area contributed by atoms with Crippen molar-refractivity contribution in [3.63, 3.8) is 0 Å². The van der Waals surface area contributed by atoms with E-state index in [1.54, 1.807) is 6.92 Å². The molecule has 140 valence electrons. The number of aromatic nitrogens is 2. The van der Waals surface area contributed by atoms with Crippen molar-refractivity contribution in [1.29, 1.82) is 0 Å². The van der Waals surface area contributed by atoms with Crippen LogP contribution in [0.5, 0.6) is 11.8 Å². The molecule has 1 aromatic carbocycles. The van der Waals surface area contributed by atoms with Crippen molar-refractivity contribution in [3.05, 3.63) is 51.1 Å². The Bertz CT molecular complexity index is 780. The summed E-state index contributed by atoms with van der Waals surface area (Å²) in [6, 6.07) is 3.24. The van der Waals surface area contributed by atoms with Crippen LogP contribution in [-0.2, 0) is 11.3 Å². The normalized spacial score (nSPS) is 11.9. The standard InChI is InChI=1S/C16H18FN3O6/c1-4-26-8-9-5-10(17)6-11(14(9)20(22)23)15(21)16-18-12(24-2)7-13(19-16)25-3/h5-7,15,21H,4,8H2,1-3H3. The zero-order chi connectivity index (χ0) is 19.3.